The molecule has 0 aliphatic rings. The number of ether oxygens (including phenoxy) is 1. The molecule has 2 rings (SSSR count). The van der Waals surface area contributed by atoms with Crippen LogP contribution in [-0.4, -0.2) is 32.4 Å². The molecule has 0 saturated carbocycles. The molecule has 0 heterocycles. The lowest BCUT2D eigenvalue weighted by molar-refractivity contribution is 0.136. The SMILES string of the molecule is CCOC(CP(=O)(Oc1ccccc1)Oc1ccccc1)SP(=S)(OC)OC. The van der Waals surface area contributed by atoms with E-state index in [0.717, 1.165) is 0 Å². The smallest absolute Gasteiger partial charge is 0.416 e. The van der Waals surface area contributed by atoms with Crippen molar-refractivity contribution in [1.29, 1.82) is 0 Å². The van der Waals surface area contributed by atoms with Gasteiger partial charge in [0.05, 0.1) is 0 Å². The standard InChI is InChI=1S/C18H24O6P2S2/c1-4-22-18(28-26(27,20-2)21-3)15-25(19,23-16-11-7-5-8-12-16)24-17-13-9-6-10-14-17/h5-14,18H,4,15H2,1-3H3. The van der Waals surface area contributed by atoms with Gasteiger partial charge in [0.1, 0.15) is 23.1 Å². The Labute approximate surface area is 175 Å². The first-order chi connectivity index (χ1) is 13.4. The summed E-state index contributed by atoms with van der Waals surface area (Å²) in [5.41, 5.74) is -3.21. The van der Waals surface area contributed by atoms with Gasteiger partial charge >= 0.3 is 7.60 Å². The highest BCUT2D eigenvalue weighted by Gasteiger charge is 2.36. The van der Waals surface area contributed by atoms with Crippen molar-refractivity contribution in [3.63, 3.8) is 0 Å². The molecule has 0 spiro atoms. The Hall–Kier alpha value is -0.850. The molecule has 0 fully saturated rings. The molecule has 0 aromatic heterocycles. The zero-order valence-electron chi connectivity index (χ0n) is 15.9. The molecule has 0 saturated heterocycles. The van der Waals surface area contributed by atoms with Crippen molar-refractivity contribution in [2.45, 2.75) is 12.4 Å². The van der Waals surface area contributed by atoms with Crippen LogP contribution in [-0.2, 0) is 30.2 Å². The third kappa shape index (κ3) is 7.53. The molecule has 0 aliphatic carbocycles. The molecule has 1 unspecified atom stereocenters. The molecule has 6 nitrogen and oxygen atoms in total. The molecule has 0 N–H and O–H groups in total. The van der Waals surface area contributed by atoms with Gasteiger partial charge in [-0.2, -0.15) is 0 Å². The normalized spacial score (nSPS) is 13.1. The summed E-state index contributed by atoms with van der Waals surface area (Å²) in [4.78, 5) is 0. The molecule has 154 valence electrons. The summed E-state index contributed by atoms with van der Waals surface area (Å²) in [5.74, 6) is 0.889. The van der Waals surface area contributed by atoms with Gasteiger partial charge < -0.3 is 22.8 Å². The number of benzene rings is 2. The monoisotopic (exact) mass is 462 g/mol. The lowest BCUT2D eigenvalue weighted by Gasteiger charge is -2.27. The van der Waals surface area contributed by atoms with Crippen molar-refractivity contribution in [3.05, 3.63) is 60.7 Å². The number of para-hydroxylation sites is 2. The molecule has 0 bridgehead atoms. The van der Waals surface area contributed by atoms with Gasteiger partial charge in [-0.15, -0.1) is 0 Å². The molecule has 0 radical (unpaired) electrons. The van der Waals surface area contributed by atoms with Crippen LogP contribution < -0.4 is 9.05 Å². The predicted octanol–water partition coefficient (Wildman–Crippen LogP) is 5.95. The second-order valence-electron chi connectivity index (χ2n) is 5.40. The van der Waals surface area contributed by atoms with Crippen LogP contribution in [0.4, 0.5) is 0 Å². The molecule has 2 aromatic carbocycles. The summed E-state index contributed by atoms with van der Waals surface area (Å²) >= 11 is 6.61. The molecular weight excluding hydrogens is 438 g/mol. The van der Waals surface area contributed by atoms with Crippen LogP contribution >= 0.6 is 24.7 Å². The van der Waals surface area contributed by atoms with Crippen molar-refractivity contribution in [1.82, 2.24) is 0 Å². The Morgan fingerprint density at radius 1 is 0.929 bits per heavy atom. The number of hydrogen-bond donors (Lipinski definition) is 0. The van der Waals surface area contributed by atoms with Crippen LogP contribution in [0.1, 0.15) is 6.92 Å². The zero-order valence-corrected chi connectivity index (χ0v) is 19.3. The first kappa shape index (κ1) is 23.4. The average Bonchev–Trinajstić information content (AvgIpc) is 2.69. The van der Waals surface area contributed by atoms with Gasteiger partial charge in [-0.25, -0.2) is 4.57 Å². The summed E-state index contributed by atoms with van der Waals surface area (Å²) in [7, 11) is -0.668. The first-order valence-corrected chi connectivity index (χ1v) is 14.4. The van der Waals surface area contributed by atoms with E-state index in [2.05, 4.69) is 0 Å². The molecule has 0 aliphatic heterocycles. The second kappa shape index (κ2) is 11.4. The number of rotatable bonds is 12. The number of hydrogen-bond acceptors (Lipinski definition) is 8. The van der Waals surface area contributed by atoms with Crippen molar-refractivity contribution < 1.29 is 27.4 Å². The molecule has 1 atom stereocenters. The highest BCUT2D eigenvalue weighted by atomic mass is 32.9. The minimum absolute atomic E-state index is 0.0274. The minimum atomic E-state index is -3.64. The molecule has 10 heteroatoms. The average molecular weight is 462 g/mol. The fourth-order valence-electron chi connectivity index (χ4n) is 2.17. The molecule has 28 heavy (non-hydrogen) atoms. The molecule has 2 aromatic rings. The van der Waals surface area contributed by atoms with E-state index in [1.807, 2.05) is 19.1 Å². The largest absolute Gasteiger partial charge is 0.434 e. The van der Waals surface area contributed by atoms with Crippen LogP contribution in [0.5, 0.6) is 11.5 Å². The quantitative estimate of drug-likeness (QED) is 0.283. The lowest BCUT2D eigenvalue weighted by atomic mass is 10.3. The maximum absolute atomic E-state index is 13.7. The first-order valence-electron chi connectivity index (χ1n) is 8.52. The van der Waals surface area contributed by atoms with Crippen LogP contribution in [0.2, 0.25) is 0 Å². The topological polar surface area (TPSA) is 63.2 Å². The van der Waals surface area contributed by atoms with E-state index >= 15 is 0 Å². The van der Waals surface area contributed by atoms with E-state index in [-0.39, 0.29) is 6.16 Å². The van der Waals surface area contributed by atoms with Gasteiger partial charge in [0.2, 0.25) is 5.69 Å². The van der Waals surface area contributed by atoms with Gasteiger partial charge in [0, 0.05) is 20.8 Å². The maximum atomic E-state index is 13.7. The van der Waals surface area contributed by atoms with Crippen molar-refractivity contribution in [2.24, 2.45) is 0 Å². The van der Waals surface area contributed by atoms with Crippen LogP contribution in [0.15, 0.2) is 60.7 Å². The van der Waals surface area contributed by atoms with Crippen molar-refractivity contribution >= 4 is 36.5 Å². The van der Waals surface area contributed by atoms with Crippen LogP contribution in [0, 0.1) is 0 Å². The fraction of sp³-hybridized carbons (Fsp3) is 0.333. The third-order valence-corrected chi connectivity index (χ3v) is 11.1. The minimum Gasteiger partial charge on any atom is -0.416 e. The van der Waals surface area contributed by atoms with Gasteiger partial charge in [-0.3, -0.25) is 0 Å². The van der Waals surface area contributed by atoms with Crippen molar-refractivity contribution in [2.75, 3.05) is 27.0 Å². The zero-order chi connectivity index (χ0) is 20.5. The van der Waals surface area contributed by atoms with Gasteiger partial charge in [-0.05, 0) is 54.4 Å². The third-order valence-electron chi connectivity index (χ3n) is 3.39. The van der Waals surface area contributed by atoms with Gasteiger partial charge in [0.15, 0.2) is 0 Å². The van der Waals surface area contributed by atoms with Gasteiger partial charge in [0.25, 0.3) is 0 Å². The highest BCUT2D eigenvalue weighted by molar-refractivity contribution is 8.68. The summed E-state index contributed by atoms with van der Waals surface area (Å²) in [6, 6.07) is 17.8. The molecule has 0 amide bonds. The second-order valence-corrected chi connectivity index (χ2v) is 13.9. The van der Waals surface area contributed by atoms with Crippen LogP contribution in [0.3, 0.4) is 0 Å². The Kier molecular flexibility index (Phi) is 9.51. The van der Waals surface area contributed by atoms with E-state index in [1.54, 1.807) is 48.5 Å². The summed E-state index contributed by atoms with van der Waals surface area (Å²) < 4.78 is 41.7. The van der Waals surface area contributed by atoms with E-state index in [1.165, 1.54) is 25.6 Å². The van der Waals surface area contributed by atoms with E-state index in [4.69, 9.17) is 34.6 Å². The van der Waals surface area contributed by atoms with E-state index in [0.29, 0.717) is 18.1 Å². The highest BCUT2D eigenvalue weighted by Crippen LogP contribution is 2.63. The Bertz CT molecular complexity index is 753. The maximum Gasteiger partial charge on any atom is 0.434 e. The predicted molar refractivity (Wildman–Crippen MR) is 118 cm³/mol. The Balaban J connectivity index is 2.27. The van der Waals surface area contributed by atoms with Crippen molar-refractivity contribution in [3.8, 4) is 11.5 Å². The Morgan fingerprint density at radius 2 is 1.39 bits per heavy atom. The van der Waals surface area contributed by atoms with Gasteiger partial charge in [-0.1, -0.05) is 36.4 Å². The molecular formula is C18H24O6P2S2. The van der Waals surface area contributed by atoms with E-state index in [9.17, 15) is 4.57 Å². The fourth-order valence-corrected chi connectivity index (χ4v) is 8.36. The summed E-state index contributed by atoms with van der Waals surface area (Å²) in [6.07, 6.45) is -0.0274. The van der Waals surface area contributed by atoms with Crippen LogP contribution in [0.25, 0.3) is 0 Å². The Morgan fingerprint density at radius 3 is 1.79 bits per heavy atom. The lowest BCUT2D eigenvalue weighted by Crippen LogP contribution is -2.18. The summed E-state index contributed by atoms with van der Waals surface area (Å²) in [6.45, 7) is 2.24. The van der Waals surface area contributed by atoms with E-state index < -0.39 is 18.7 Å². The summed E-state index contributed by atoms with van der Waals surface area (Å²) in [5, 5.41) is 0.